The molecule has 4 unspecified atom stereocenters. The molecule has 0 radical (unpaired) electrons. The molecule has 4 saturated carbocycles. The Bertz CT molecular complexity index is 531. The third kappa shape index (κ3) is 2.19. The fourth-order valence-corrected chi connectivity index (χ4v) is 7.87. The number of Topliss-reactive ketones (excluding diaryl/α,β-unsaturated/α-hetero) is 1. The second-order valence-electron chi connectivity index (χ2n) is 10.0. The Morgan fingerprint density at radius 3 is 2.29 bits per heavy atom. The molecule has 4 aliphatic carbocycles. The fourth-order valence-electron chi connectivity index (χ4n) is 7.87. The lowest BCUT2D eigenvalue weighted by atomic mass is 9.44. The summed E-state index contributed by atoms with van der Waals surface area (Å²) < 4.78 is 0. The third-order valence-corrected chi connectivity index (χ3v) is 9.15. The van der Waals surface area contributed by atoms with E-state index in [9.17, 15) is 15.0 Å². The molecule has 3 nitrogen and oxygen atoms in total. The van der Waals surface area contributed by atoms with Gasteiger partial charge in [0.1, 0.15) is 5.78 Å². The van der Waals surface area contributed by atoms with Crippen LogP contribution in [0.25, 0.3) is 0 Å². The van der Waals surface area contributed by atoms with Gasteiger partial charge in [0.15, 0.2) is 0 Å². The Balaban J connectivity index is 1.66. The predicted molar refractivity (Wildman–Crippen MR) is 93.3 cm³/mol. The fraction of sp³-hybridized carbons (Fsp3) is 0.952. The maximum Gasteiger partial charge on any atom is 0.133 e. The zero-order chi connectivity index (χ0) is 17.3. The topological polar surface area (TPSA) is 57.5 Å². The molecule has 0 aromatic heterocycles. The Hall–Kier alpha value is -0.410. The minimum atomic E-state index is -0.242. The van der Waals surface area contributed by atoms with Crippen molar-refractivity contribution in [3.05, 3.63) is 0 Å². The van der Waals surface area contributed by atoms with Crippen LogP contribution in [-0.2, 0) is 4.79 Å². The number of aliphatic hydroxyl groups is 2. The highest BCUT2D eigenvalue weighted by molar-refractivity contribution is 5.79. The molecule has 0 aromatic carbocycles. The second kappa shape index (κ2) is 5.54. The van der Waals surface area contributed by atoms with Gasteiger partial charge < -0.3 is 10.2 Å². The van der Waals surface area contributed by atoms with Crippen molar-refractivity contribution < 1.29 is 15.0 Å². The second-order valence-corrected chi connectivity index (χ2v) is 10.0. The zero-order valence-electron chi connectivity index (χ0n) is 15.5. The van der Waals surface area contributed by atoms with Crippen LogP contribution in [-0.4, -0.2) is 28.2 Å². The largest absolute Gasteiger partial charge is 0.393 e. The maximum atomic E-state index is 12.2. The van der Waals surface area contributed by atoms with Crippen molar-refractivity contribution in [3.8, 4) is 0 Å². The van der Waals surface area contributed by atoms with E-state index in [0.717, 1.165) is 51.4 Å². The van der Waals surface area contributed by atoms with Crippen LogP contribution in [0, 0.1) is 40.4 Å². The molecule has 0 bridgehead atoms. The van der Waals surface area contributed by atoms with E-state index in [1.807, 2.05) is 0 Å². The van der Waals surface area contributed by atoms with Gasteiger partial charge in [0, 0.05) is 5.92 Å². The molecule has 0 heterocycles. The SMILES string of the molecule is CC(=O)C1CCC2C3C(CC[C@]12C)[C@@]1(C)CC[C@@H](O)C[C@@H]1C[C@H]3O. The van der Waals surface area contributed by atoms with E-state index >= 15 is 0 Å². The Morgan fingerprint density at radius 1 is 0.917 bits per heavy atom. The van der Waals surface area contributed by atoms with Gasteiger partial charge in [-0.15, -0.1) is 0 Å². The lowest BCUT2D eigenvalue weighted by Crippen LogP contribution is -2.58. The molecule has 3 heteroatoms. The van der Waals surface area contributed by atoms with Crippen LogP contribution in [0.1, 0.15) is 72.1 Å². The minimum Gasteiger partial charge on any atom is -0.393 e. The summed E-state index contributed by atoms with van der Waals surface area (Å²) in [6, 6.07) is 0. The predicted octanol–water partition coefficient (Wildman–Crippen LogP) is 3.57. The molecule has 4 fully saturated rings. The first-order chi connectivity index (χ1) is 11.3. The highest BCUT2D eigenvalue weighted by Crippen LogP contribution is 2.67. The van der Waals surface area contributed by atoms with Crippen molar-refractivity contribution in [2.75, 3.05) is 0 Å². The summed E-state index contributed by atoms with van der Waals surface area (Å²) in [6.07, 6.45) is 7.76. The van der Waals surface area contributed by atoms with Crippen molar-refractivity contribution in [2.45, 2.75) is 84.3 Å². The van der Waals surface area contributed by atoms with Crippen LogP contribution in [0.4, 0.5) is 0 Å². The summed E-state index contributed by atoms with van der Waals surface area (Å²) in [5, 5.41) is 21.2. The van der Waals surface area contributed by atoms with Gasteiger partial charge in [0.05, 0.1) is 12.2 Å². The minimum absolute atomic E-state index is 0.103. The van der Waals surface area contributed by atoms with Crippen molar-refractivity contribution in [1.29, 1.82) is 0 Å². The molecule has 9 atom stereocenters. The molecule has 0 amide bonds. The van der Waals surface area contributed by atoms with Crippen molar-refractivity contribution in [2.24, 2.45) is 40.4 Å². The van der Waals surface area contributed by atoms with Crippen LogP contribution in [0.2, 0.25) is 0 Å². The highest BCUT2D eigenvalue weighted by Gasteiger charge is 2.62. The molecule has 4 aliphatic rings. The van der Waals surface area contributed by atoms with E-state index < -0.39 is 0 Å². The lowest BCUT2D eigenvalue weighted by Gasteiger charge is -2.62. The molecule has 0 aliphatic heterocycles. The normalized spacial score (nSPS) is 57.0. The molecule has 0 saturated heterocycles. The van der Waals surface area contributed by atoms with Gasteiger partial charge in [-0.05, 0) is 92.8 Å². The van der Waals surface area contributed by atoms with Crippen LogP contribution < -0.4 is 0 Å². The van der Waals surface area contributed by atoms with Gasteiger partial charge in [-0.2, -0.15) is 0 Å². The summed E-state index contributed by atoms with van der Waals surface area (Å²) in [5.41, 5.74) is 0.379. The van der Waals surface area contributed by atoms with Crippen molar-refractivity contribution in [1.82, 2.24) is 0 Å². The van der Waals surface area contributed by atoms with Crippen LogP contribution in [0.5, 0.6) is 0 Å². The van der Waals surface area contributed by atoms with Crippen LogP contribution >= 0.6 is 0 Å². The average molecular weight is 334 g/mol. The Morgan fingerprint density at radius 2 is 1.58 bits per heavy atom. The number of rotatable bonds is 1. The van der Waals surface area contributed by atoms with E-state index in [1.54, 1.807) is 6.92 Å². The first-order valence-electron chi connectivity index (χ1n) is 10.1. The number of hydrogen-bond donors (Lipinski definition) is 2. The number of fused-ring (bicyclic) bond motifs is 5. The monoisotopic (exact) mass is 334 g/mol. The molecule has 2 N–H and O–H groups in total. The van der Waals surface area contributed by atoms with E-state index in [2.05, 4.69) is 13.8 Å². The maximum absolute atomic E-state index is 12.2. The first-order valence-corrected chi connectivity index (χ1v) is 10.1. The molecular formula is C21H34O3. The molecule has 24 heavy (non-hydrogen) atoms. The van der Waals surface area contributed by atoms with Crippen LogP contribution in [0.3, 0.4) is 0 Å². The number of carbonyl (C=O) groups excluding carboxylic acids is 1. The molecule has 0 spiro atoms. The summed E-state index contributed by atoms with van der Waals surface area (Å²) >= 11 is 0. The van der Waals surface area contributed by atoms with Gasteiger partial charge in [-0.25, -0.2) is 0 Å². The smallest absolute Gasteiger partial charge is 0.133 e. The number of hydrogen-bond acceptors (Lipinski definition) is 3. The number of carbonyl (C=O) groups is 1. The zero-order valence-corrected chi connectivity index (χ0v) is 15.5. The number of aliphatic hydroxyl groups excluding tert-OH is 2. The Kier molecular flexibility index (Phi) is 3.93. The quantitative estimate of drug-likeness (QED) is 0.771. The standard InChI is InChI=1S/C21H34O3/c1-12(22)15-4-5-16-19-17(7-9-21(15,16)3)20(2)8-6-14(23)10-13(20)11-18(19)24/h13-19,23-24H,4-11H2,1-3H3/t13-,14-,15?,16?,17?,18-,19?,20+,21-/m1/s1. The summed E-state index contributed by atoms with van der Waals surface area (Å²) in [7, 11) is 0. The molecule has 0 aromatic rings. The summed E-state index contributed by atoms with van der Waals surface area (Å²) in [4.78, 5) is 12.2. The van der Waals surface area contributed by atoms with Gasteiger partial charge in [0.2, 0.25) is 0 Å². The van der Waals surface area contributed by atoms with Crippen LogP contribution in [0.15, 0.2) is 0 Å². The van der Waals surface area contributed by atoms with Gasteiger partial charge in [-0.1, -0.05) is 13.8 Å². The van der Waals surface area contributed by atoms with E-state index in [-0.39, 0.29) is 29.0 Å². The van der Waals surface area contributed by atoms with E-state index in [4.69, 9.17) is 0 Å². The summed E-state index contributed by atoms with van der Waals surface area (Å²) in [5.74, 6) is 2.46. The average Bonchev–Trinajstić information content (AvgIpc) is 2.86. The van der Waals surface area contributed by atoms with Gasteiger partial charge in [0.25, 0.3) is 0 Å². The van der Waals surface area contributed by atoms with Crippen molar-refractivity contribution in [3.63, 3.8) is 0 Å². The highest BCUT2D eigenvalue weighted by atomic mass is 16.3. The first kappa shape index (κ1) is 17.0. The molecular weight excluding hydrogens is 300 g/mol. The number of ketones is 1. The van der Waals surface area contributed by atoms with E-state index in [1.165, 1.54) is 0 Å². The van der Waals surface area contributed by atoms with Gasteiger partial charge in [-0.3, -0.25) is 4.79 Å². The lowest BCUT2D eigenvalue weighted by molar-refractivity contribution is -0.173. The Labute approximate surface area is 146 Å². The molecule has 136 valence electrons. The molecule has 4 rings (SSSR count). The summed E-state index contributed by atoms with van der Waals surface area (Å²) in [6.45, 7) is 6.54. The third-order valence-electron chi connectivity index (χ3n) is 9.15. The van der Waals surface area contributed by atoms with Gasteiger partial charge >= 0.3 is 0 Å². The van der Waals surface area contributed by atoms with Crippen molar-refractivity contribution >= 4 is 5.78 Å². The van der Waals surface area contributed by atoms with E-state index in [0.29, 0.717) is 29.5 Å².